The van der Waals surface area contributed by atoms with Crippen LogP contribution in [-0.2, 0) is 9.59 Å². The molecule has 4 nitrogen and oxygen atoms in total. The molecule has 0 spiro atoms. The summed E-state index contributed by atoms with van der Waals surface area (Å²) in [5.41, 5.74) is 0. The molecule has 1 saturated heterocycles. The first-order valence-corrected chi connectivity index (χ1v) is 9.22. The Morgan fingerprint density at radius 2 is 1.09 bits per heavy atom. The molecule has 0 radical (unpaired) electrons. The number of ketones is 2. The minimum absolute atomic E-state index is 0.292. The van der Waals surface area contributed by atoms with Crippen LogP contribution in [-0.4, -0.2) is 60.6 Å². The lowest BCUT2D eigenvalue weighted by atomic mass is 9.87. The van der Waals surface area contributed by atoms with E-state index in [2.05, 4.69) is 9.80 Å². The summed E-state index contributed by atoms with van der Waals surface area (Å²) < 4.78 is 0. The Bertz CT molecular complexity index is 364. The summed E-state index contributed by atoms with van der Waals surface area (Å²) >= 11 is 0. The Morgan fingerprint density at radius 1 is 0.682 bits per heavy atom. The Labute approximate surface area is 134 Å². The summed E-state index contributed by atoms with van der Waals surface area (Å²) in [6, 6.07) is 0. The van der Waals surface area contributed by atoms with Gasteiger partial charge in [-0.3, -0.25) is 9.59 Å². The molecular formula is C18H30N2O2. The van der Waals surface area contributed by atoms with Gasteiger partial charge >= 0.3 is 0 Å². The number of carbonyl (C=O) groups is 2. The van der Waals surface area contributed by atoms with Gasteiger partial charge in [-0.1, -0.05) is 12.8 Å². The molecule has 1 aliphatic heterocycles. The van der Waals surface area contributed by atoms with Gasteiger partial charge in [0.05, 0.1) is 0 Å². The third-order valence-electron chi connectivity index (χ3n) is 5.78. The summed E-state index contributed by atoms with van der Waals surface area (Å²) in [6.45, 7) is 6.18. The van der Waals surface area contributed by atoms with Crippen molar-refractivity contribution in [1.29, 1.82) is 0 Å². The minimum atomic E-state index is 0.292. The number of rotatable bonds is 4. The number of hydrogen-bond donors (Lipinski definition) is 0. The van der Waals surface area contributed by atoms with Crippen molar-refractivity contribution in [3.8, 4) is 0 Å². The van der Waals surface area contributed by atoms with E-state index in [-0.39, 0.29) is 0 Å². The van der Waals surface area contributed by atoms with Crippen LogP contribution >= 0.6 is 0 Å². The maximum atomic E-state index is 12.0. The van der Waals surface area contributed by atoms with E-state index < -0.39 is 0 Å². The second-order valence-electron chi connectivity index (χ2n) is 7.42. The highest BCUT2D eigenvalue weighted by Crippen LogP contribution is 2.24. The van der Waals surface area contributed by atoms with Gasteiger partial charge < -0.3 is 9.80 Å². The summed E-state index contributed by atoms with van der Waals surface area (Å²) in [5.74, 6) is 1.56. The normalized spacial score (nSPS) is 32.4. The van der Waals surface area contributed by atoms with Crippen molar-refractivity contribution < 1.29 is 9.59 Å². The van der Waals surface area contributed by atoms with Crippen LogP contribution < -0.4 is 0 Å². The van der Waals surface area contributed by atoms with Crippen LogP contribution in [0.4, 0.5) is 0 Å². The third kappa shape index (κ3) is 4.17. The van der Waals surface area contributed by atoms with Gasteiger partial charge in [0.2, 0.25) is 0 Å². The second-order valence-corrected chi connectivity index (χ2v) is 7.42. The van der Waals surface area contributed by atoms with Crippen LogP contribution in [0, 0.1) is 11.8 Å². The fraction of sp³-hybridized carbons (Fsp3) is 0.889. The van der Waals surface area contributed by atoms with E-state index in [9.17, 15) is 9.59 Å². The summed E-state index contributed by atoms with van der Waals surface area (Å²) in [6.07, 6.45) is 8.42. The van der Waals surface area contributed by atoms with Gasteiger partial charge in [0.25, 0.3) is 0 Å². The SMILES string of the molecule is O=C1CCCC[C@@H]1CN1CCN(C[C@H]2CCCCC2=O)CC1. The van der Waals surface area contributed by atoms with E-state index in [0.717, 1.165) is 77.8 Å². The molecule has 22 heavy (non-hydrogen) atoms. The van der Waals surface area contributed by atoms with Crippen molar-refractivity contribution in [3.63, 3.8) is 0 Å². The predicted molar refractivity (Wildman–Crippen MR) is 86.8 cm³/mol. The molecule has 0 bridgehead atoms. The number of piperazine rings is 1. The molecule has 3 fully saturated rings. The van der Waals surface area contributed by atoms with Crippen molar-refractivity contribution in [2.45, 2.75) is 51.4 Å². The molecule has 2 saturated carbocycles. The standard InChI is InChI=1S/C18H30N2O2/c21-17-7-3-1-5-15(17)13-19-9-11-20(12-10-19)14-16-6-2-4-8-18(16)22/h15-16H,1-14H2/t15-,16-/m1/s1. The molecule has 0 aromatic rings. The highest BCUT2D eigenvalue weighted by molar-refractivity contribution is 5.82. The van der Waals surface area contributed by atoms with Crippen LogP contribution in [0.1, 0.15) is 51.4 Å². The van der Waals surface area contributed by atoms with Gasteiger partial charge in [0, 0.05) is 63.9 Å². The molecular weight excluding hydrogens is 276 g/mol. The number of Topliss-reactive ketones (excluding diaryl/α,β-unsaturated/α-hetero) is 2. The highest BCUT2D eigenvalue weighted by atomic mass is 16.1. The fourth-order valence-electron chi connectivity index (χ4n) is 4.27. The van der Waals surface area contributed by atoms with Crippen molar-refractivity contribution in [1.82, 2.24) is 9.80 Å². The monoisotopic (exact) mass is 306 g/mol. The van der Waals surface area contributed by atoms with E-state index in [4.69, 9.17) is 0 Å². The van der Waals surface area contributed by atoms with Crippen LogP contribution in [0.25, 0.3) is 0 Å². The Hall–Kier alpha value is -0.740. The van der Waals surface area contributed by atoms with Crippen LogP contribution in [0.15, 0.2) is 0 Å². The lowest BCUT2D eigenvalue weighted by molar-refractivity contribution is -0.126. The van der Waals surface area contributed by atoms with Gasteiger partial charge in [0.15, 0.2) is 0 Å². The Kier molecular flexibility index (Phi) is 5.64. The first-order valence-electron chi connectivity index (χ1n) is 9.22. The predicted octanol–water partition coefficient (Wildman–Crippen LogP) is 2.12. The highest BCUT2D eigenvalue weighted by Gasteiger charge is 2.28. The fourth-order valence-corrected chi connectivity index (χ4v) is 4.27. The summed E-state index contributed by atoms with van der Waals surface area (Å²) in [4.78, 5) is 28.8. The largest absolute Gasteiger partial charge is 0.300 e. The van der Waals surface area contributed by atoms with E-state index >= 15 is 0 Å². The van der Waals surface area contributed by atoms with Gasteiger partial charge in [0.1, 0.15) is 11.6 Å². The molecule has 0 aromatic heterocycles. The molecule has 2 aliphatic carbocycles. The zero-order valence-electron chi connectivity index (χ0n) is 13.8. The zero-order valence-corrected chi connectivity index (χ0v) is 13.8. The van der Waals surface area contributed by atoms with Crippen molar-refractivity contribution >= 4 is 11.6 Å². The average molecular weight is 306 g/mol. The quantitative estimate of drug-likeness (QED) is 0.798. The third-order valence-corrected chi connectivity index (χ3v) is 5.78. The van der Waals surface area contributed by atoms with Crippen molar-refractivity contribution in [2.75, 3.05) is 39.3 Å². The van der Waals surface area contributed by atoms with E-state index in [0.29, 0.717) is 23.4 Å². The molecule has 2 atom stereocenters. The van der Waals surface area contributed by atoms with Gasteiger partial charge in [-0.15, -0.1) is 0 Å². The Morgan fingerprint density at radius 3 is 1.45 bits per heavy atom. The molecule has 3 rings (SSSR count). The van der Waals surface area contributed by atoms with Crippen LogP contribution in [0.2, 0.25) is 0 Å². The molecule has 4 heteroatoms. The number of hydrogen-bond acceptors (Lipinski definition) is 4. The van der Waals surface area contributed by atoms with Gasteiger partial charge in [-0.05, 0) is 25.7 Å². The summed E-state index contributed by atoms with van der Waals surface area (Å²) in [7, 11) is 0. The van der Waals surface area contributed by atoms with E-state index in [1.807, 2.05) is 0 Å². The lowest BCUT2D eigenvalue weighted by Gasteiger charge is -2.38. The average Bonchev–Trinajstić information content (AvgIpc) is 2.54. The minimum Gasteiger partial charge on any atom is -0.300 e. The van der Waals surface area contributed by atoms with E-state index in [1.54, 1.807) is 0 Å². The first kappa shape index (κ1) is 16.1. The van der Waals surface area contributed by atoms with Crippen LogP contribution in [0.5, 0.6) is 0 Å². The molecule has 124 valence electrons. The molecule has 3 aliphatic rings. The van der Waals surface area contributed by atoms with Crippen molar-refractivity contribution in [2.24, 2.45) is 11.8 Å². The maximum absolute atomic E-state index is 12.0. The van der Waals surface area contributed by atoms with Crippen LogP contribution in [0.3, 0.4) is 0 Å². The van der Waals surface area contributed by atoms with Gasteiger partial charge in [-0.2, -0.15) is 0 Å². The summed E-state index contributed by atoms with van der Waals surface area (Å²) in [5, 5.41) is 0. The maximum Gasteiger partial charge on any atom is 0.137 e. The van der Waals surface area contributed by atoms with Crippen molar-refractivity contribution in [3.05, 3.63) is 0 Å². The smallest absolute Gasteiger partial charge is 0.137 e. The van der Waals surface area contributed by atoms with Gasteiger partial charge in [-0.25, -0.2) is 0 Å². The molecule has 0 unspecified atom stereocenters. The lowest BCUT2D eigenvalue weighted by Crippen LogP contribution is -2.50. The second kappa shape index (κ2) is 7.69. The Balaban J connectivity index is 1.40. The molecule has 1 heterocycles. The number of nitrogens with zero attached hydrogens (tertiary/aromatic N) is 2. The first-order chi connectivity index (χ1) is 10.7. The molecule has 0 aromatic carbocycles. The topological polar surface area (TPSA) is 40.6 Å². The number of carbonyl (C=O) groups excluding carboxylic acids is 2. The molecule has 0 amide bonds. The van der Waals surface area contributed by atoms with E-state index in [1.165, 1.54) is 12.8 Å². The zero-order chi connectivity index (χ0) is 15.4. The molecule has 0 N–H and O–H groups in total.